The van der Waals surface area contributed by atoms with Crippen LogP contribution in [0.25, 0.3) is 45.9 Å². The Kier molecular flexibility index (Phi) is 5.06. The Balaban J connectivity index is 1.52. The number of benzene rings is 3. The van der Waals surface area contributed by atoms with Gasteiger partial charge in [0.15, 0.2) is 0 Å². The Morgan fingerprint density at radius 3 is 2.27 bits per heavy atom. The van der Waals surface area contributed by atoms with E-state index >= 15 is 0 Å². The van der Waals surface area contributed by atoms with E-state index in [2.05, 4.69) is 13.2 Å². The second-order valence-corrected chi connectivity index (χ2v) is 12.5. The molecule has 186 valence electrons. The van der Waals surface area contributed by atoms with Gasteiger partial charge in [-0.05, 0) is 80.7 Å². The van der Waals surface area contributed by atoms with Crippen LogP contribution in [0, 0.1) is 0 Å². The molecule has 2 aliphatic rings. The largest absolute Gasteiger partial charge is 0.495 e. The number of hydrogen-bond acceptors (Lipinski definition) is 5. The summed E-state index contributed by atoms with van der Waals surface area (Å²) in [5, 5.41) is 1.73. The molecule has 37 heavy (non-hydrogen) atoms. The molecule has 6 rings (SSSR count). The van der Waals surface area contributed by atoms with Crippen LogP contribution in [0.1, 0.15) is 27.7 Å². The third kappa shape index (κ3) is 3.41. The van der Waals surface area contributed by atoms with Crippen molar-refractivity contribution in [3.63, 3.8) is 0 Å². The first-order valence-electron chi connectivity index (χ1n) is 12.2. The van der Waals surface area contributed by atoms with Crippen molar-refractivity contribution in [2.24, 2.45) is 0 Å². The molecule has 0 radical (unpaired) electrons. The molecule has 0 amide bonds. The first kappa shape index (κ1) is 24.0. The van der Waals surface area contributed by atoms with Crippen LogP contribution in [0.2, 0.25) is 0 Å². The summed E-state index contributed by atoms with van der Waals surface area (Å²) in [6.45, 7) is 15.8. The first-order chi connectivity index (χ1) is 17.4. The average Bonchev–Trinajstić information content (AvgIpc) is 3.37. The minimum Gasteiger partial charge on any atom is -0.456 e. The molecule has 0 N–H and O–H groups in total. The van der Waals surface area contributed by atoms with Gasteiger partial charge in [-0.3, -0.25) is 0 Å². The van der Waals surface area contributed by atoms with E-state index in [1.165, 1.54) is 0 Å². The summed E-state index contributed by atoms with van der Waals surface area (Å²) in [5.41, 5.74) is 4.08. The van der Waals surface area contributed by atoms with Crippen molar-refractivity contribution >= 4 is 46.0 Å². The van der Waals surface area contributed by atoms with Crippen molar-refractivity contribution in [1.82, 2.24) is 0 Å². The molecule has 0 spiro atoms. The highest BCUT2D eigenvalue weighted by Crippen LogP contribution is 2.45. The van der Waals surface area contributed by atoms with Crippen molar-refractivity contribution in [2.75, 3.05) is 0 Å². The van der Waals surface area contributed by atoms with Gasteiger partial charge in [-0.25, -0.2) is 8.42 Å². The van der Waals surface area contributed by atoms with Gasteiger partial charge < -0.3 is 13.7 Å². The van der Waals surface area contributed by atoms with E-state index in [1.807, 2.05) is 64.1 Å². The number of hydrogen-bond donors (Lipinski definition) is 0. The van der Waals surface area contributed by atoms with E-state index in [1.54, 1.807) is 30.4 Å². The molecule has 0 aliphatic carbocycles. The van der Waals surface area contributed by atoms with Crippen LogP contribution in [0.4, 0.5) is 0 Å². The predicted octanol–water partition coefficient (Wildman–Crippen LogP) is 4.59. The molecule has 7 heteroatoms. The van der Waals surface area contributed by atoms with Crippen LogP contribution in [0.5, 0.6) is 0 Å². The molecule has 1 fully saturated rings. The number of rotatable bonds is 3. The van der Waals surface area contributed by atoms with Gasteiger partial charge in [0.25, 0.3) is 0 Å². The summed E-state index contributed by atoms with van der Waals surface area (Å²) in [7, 11) is -4.35. The van der Waals surface area contributed by atoms with E-state index in [0.717, 1.165) is 21.7 Å². The number of furan rings is 1. The zero-order valence-corrected chi connectivity index (χ0v) is 22.1. The fourth-order valence-corrected chi connectivity index (χ4v) is 6.76. The summed E-state index contributed by atoms with van der Waals surface area (Å²) in [4.78, 5) is 0.567. The monoisotopic (exact) mass is 510 g/mol. The zero-order chi connectivity index (χ0) is 26.3. The minimum atomic E-state index is -3.67. The van der Waals surface area contributed by atoms with Gasteiger partial charge in [-0.15, -0.1) is 0 Å². The lowest BCUT2D eigenvalue weighted by atomic mass is 9.74. The molecule has 0 unspecified atom stereocenters. The topological polar surface area (TPSA) is 65.7 Å². The van der Waals surface area contributed by atoms with Crippen LogP contribution in [-0.4, -0.2) is 26.7 Å². The van der Waals surface area contributed by atoms with Crippen LogP contribution < -0.4 is 16.1 Å². The lowest BCUT2D eigenvalue weighted by molar-refractivity contribution is 0.00578. The summed E-state index contributed by atoms with van der Waals surface area (Å²) in [6, 6.07) is 16.7. The molecule has 2 aliphatic heterocycles. The quantitative estimate of drug-likeness (QED) is 0.333. The van der Waals surface area contributed by atoms with Crippen molar-refractivity contribution < 1.29 is 22.1 Å². The molecule has 1 aromatic heterocycles. The Morgan fingerprint density at radius 2 is 1.57 bits per heavy atom. The Hall–Kier alpha value is -3.39. The van der Waals surface area contributed by atoms with Gasteiger partial charge in [-0.2, -0.15) is 0 Å². The van der Waals surface area contributed by atoms with Gasteiger partial charge in [0.05, 0.1) is 21.0 Å². The summed E-state index contributed by atoms with van der Waals surface area (Å²) >= 11 is 0. The van der Waals surface area contributed by atoms with Crippen molar-refractivity contribution in [1.29, 1.82) is 0 Å². The van der Waals surface area contributed by atoms with Gasteiger partial charge >= 0.3 is 7.12 Å². The molecule has 4 aromatic rings. The second-order valence-electron chi connectivity index (χ2n) is 10.6. The van der Waals surface area contributed by atoms with E-state index < -0.39 is 28.2 Å². The first-order valence-corrected chi connectivity index (χ1v) is 13.7. The molecule has 3 aromatic carbocycles. The van der Waals surface area contributed by atoms with E-state index in [9.17, 15) is 8.42 Å². The molecule has 1 saturated heterocycles. The average molecular weight is 510 g/mol. The zero-order valence-electron chi connectivity index (χ0n) is 21.3. The number of fused-ring (bicyclic) bond motifs is 4. The fourth-order valence-electron chi connectivity index (χ4n) is 5.07. The second kappa shape index (κ2) is 7.81. The fraction of sp³-hybridized carbons (Fsp3) is 0.200. The van der Waals surface area contributed by atoms with Crippen molar-refractivity contribution in [3.8, 4) is 22.3 Å². The highest BCUT2D eigenvalue weighted by atomic mass is 32.2. The van der Waals surface area contributed by atoms with E-state index in [4.69, 9.17) is 13.7 Å². The maximum atomic E-state index is 13.5. The molecule has 0 saturated carbocycles. The lowest BCUT2D eigenvalue weighted by Gasteiger charge is -2.32. The molecular weight excluding hydrogens is 483 g/mol. The van der Waals surface area contributed by atoms with Gasteiger partial charge in [-0.1, -0.05) is 43.5 Å². The van der Waals surface area contributed by atoms with Crippen molar-refractivity contribution in [2.45, 2.75) is 48.7 Å². The Bertz CT molecular complexity index is 1830. The summed E-state index contributed by atoms with van der Waals surface area (Å²) < 4.78 is 45.6. The van der Waals surface area contributed by atoms with Crippen LogP contribution >= 0.6 is 0 Å². The van der Waals surface area contributed by atoms with E-state index in [-0.39, 0.29) is 9.79 Å². The maximum absolute atomic E-state index is 13.5. The SMILES string of the molecule is C=C/C=c1/oc2cc(-c3ccc4c(c3)-c3c(B5OC(C)(C)C(C)(C)O5)cccc3S4(=O)=O)ccc2c1=C. The van der Waals surface area contributed by atoms with E-state index in [0.29, 0.717) is 27.6 Å². The summed E-state index contributed by atoms with van der Waals surface area (Å²) in [5.74, 6) is 0. The maximum Gasteiger partial charge on any atom is 0.495 e. The lowest BCUT2D eigenvalue weighted by Crippen LogP contribution is -2.41. The van der Waals surface area contributed by atoms with Crippen LogP contribution in [-0.2, 0) is 19.1 Å². The Labute approximate surface area is 216 Å². The summed E-state index contributed by atoms with van der Waals surface area (Å²) in [6.07, 6.45) is 3.46. The van der Waals surface area contributed by atoms with Crippen molar-refractivity contribution in [3.05, 3.63) is 77.9 Å². The highest BCUT2D eigenvalue weighted by Gasteiger charge is 2.53. The van der Waals surface area contributed by atoms with Crippen LogP contribution in [0.15, 0.2) is 81.5 Å². The van der Waals surface area contributed by atoms with Gasteiger partial charge in [0.2, 0.25) is 9.84 Å². The Morgan fingerprint density at radius 1 is 0.892 bits per heavy atom. The highest BCUT2D eigenvalue weighted by molar-refractivity contribution is 7.92. The molecule has 5 nitrogen and oxygen atoms in total. The molecular formula is C30H27BO5S. The smallest absolute Gasteiger partial charge is 0.456 e. The number of allylic oxidation sites excluding steroid dienone is 1. The third-order valence-corrected chi connectivity index (χ3v) is 9.67. The number of sulfone groups is 1. The standard InChI is InChI=1S/C30H27BO5S/c1-7-9-24-18(2)21-14-12-20(17-25(21)34-24)19-13-15-26-22(16-19)28-23(10-8-11-27(28)37(26,32)33)31-35-29(3,4)30(5,6)36-31/h7-17H,1-2H2,3-6H3/b24-9+. The van der Waals surface area contributed by atoms with Crippen LogP contribution in [0.3, 0.4) is 0 Å². The molecule has 0 atom stereocenters. The normalized spacial score (nSPS) is 19.2. The predicted molar refractivity (Wildman–Crippen MR) is 148 cm³/mol. The molecule has 0 bridgehead atoms. The third-order valence-electron chi connectivity index (χ3n) is 7.82. The minimum absolute atomic E-state index is 0.277. The molecule has 3 heterocycles. The van der Waals surface area contributed by atoms with Gasteiger partial charge in [0, 0.05) is 21.7 Å². The van der Waals surface area contributed by atoms with Gasteiger partial charge in [0.1, 0.15) is 11.0 Å².